The zero-order valence-electron chi connectivity index (χ0n) is 22.1. The Balaban J connectivity index is 1.52. The average Bonchev–Trinajstić information content (AvgIpc) is 2.88. The first-order valence-corrected chi connectivity index (χ1v) is 13.4. The highest BCUT2D eigenvalue weighted by Crippen LogP contribution is 2.35. The molecule has 0 saturated carbocycles. The Hall–Kier alpha value is -3.73. The summed E-state index contributed by atoms with van der Waals surface area (Å²) in [7, 11) is 0. The molecule has 0 radical (unpaired) electrons. The van der Waals surface area contributed by atoms with Crippen LogP contribution >= 0.6 is 15.9 Å². The van der Waals surface area contributed by atoms with Crippen molar-refractivity contribution in [3.8, 4) is 5.75 Å². The van der Waals surface area contributed by atoms with Crippen molar-refractivity contribution in [1.29, 1.82) is 0 Å². The molecule has 1 saturated heterocycles. The minimum Gasteiger partial charge on any atom is -0.491 e. The summed E-state index contributed by atoms with van der Waals surface area (Å²) in [5.41, 5.74) is 0.669. The van der Waals surface area contributed by atoms with Gasteiger partial charge in [-0.1, -0.05) is 22.5 Å². The van der Waals surface area contributed by atoms with Gasteiger partial charge in [-0.05, 0) is 69.9 Å². The predicted octanol–water partition coefficient (Wildman–Crippen LogP) is 6.43. The molecule has 0 bridgehead atoms. The third-order valence-corrected chi connectivity index (χ3v) is 6.60. The molecule has 11 heteroatoms. The number of fused-ring (bicyclic) bond motifs is 1. The fourth-order valence-electron chi connectivity index (χ4n) is 4.12. The van der Waals surface area contributed by atoms with Gasteiger partial charge < -0.3 is 25.0 Å². The van der Waals surface area contributed by atoms with Gasteiger partial charge in [-0.25, -0.2) is 19.2 Å². The van der Waals surface area contributed by atoms with Crippen LogP contribution in [-0.2, 0) is 9.53 Å². The number of carbonyl (C=O) groups excluding carboxylic acids is 2. The number of nitrogens with zero attached hydrogens (tertiary/aromatic N) is 3. The predicted molar refractivity (Wildman–Crippen MR) is 152 cm³/mol. The number of amides is 2. The summed E-state index contributed by atoms with van der Waals surface area (Å²) in [6.07, 6.45) is 3.75. The molecule has 2 amide bonds. The summed E-state index contributed by atoms with van der Waals surface area (Å²) in [5.74, 6) is 0.164. The van der Waals surface area contributed by atoms with E-state index >= 15 is 0 Å². The molecule has 206 valence electrons. The maximum absolute atomic E-state index is 14.5. The van der Waals surface area contributed by atoms with Crippen molar-refractivity contribution in [3.05, 3.63) is 59.6 Å². The monoisotopic (exact) mass is 599 g/mol. The van der Waals surface area contributed by atoms with Gasteiger partial charge in [0, 0.05) is 29.0 Å². The van der Waals surface area contributed by atoms with Gasteiger partial charge in [0.05, 0.1) is 23.5 Å². The van der Waals surface area contributed by atoms with Gasteiger partial charge >= 0.3 is 6.09 Å². The molecule has 39 heavy (non-hydrogen) atoms. The molecule has 0 aliphatic carbocycles. The zero-order chi connectivity index (χ0) is 28.2. The highest BCUT2D eigenvalue weighted by Gasteiger charge is 2.27. The smallest absolute Gasteiger partial charge is 0.410 e. The number of aromatic nitrogens is 2. The molecule has 1 aliphatic rings. The lowest BCUT2D eigenvalue weighted by atomic mass is 9.98. The normalized spacial score (nSPS) is 14.1. The van der Waals surface area contributed by atoms with Crippen LogP contribution in [0.2, 0.25) is 0 Å². The number of piperidine rings is 1. The Bertz CT molecular complexity index is 1390. The molecular formula is C28H31BrFN5O4. The van der Waals surface area contributed by atoms with Crippen LogP contribution in [0, 0.1) is 11.7 Å². The molecule has 1 fully saturated rings. The van der Waals surface area contributed by atoms with Gasteiger partial charge in [-0.2, -0.15) is 0 Å². The van der Waals surface area contributed by atoms with Crippen molar-refractivity contribution in [1.82, 2.24) is 14.9 Å². The second-order valence-electron chi connectivity index (χ2n) is 10.3. The molecule has 1 aliphatic heterocycles. The van der Waals surface area contributed by atoms with Crippen molar-refractivity contribution in [3.63, 3.8) is 0 Å². The maximum Gasteiger partial charge on any atom is 0.410 e. The van der Waals surface area contributed by atoms with Crippen LogP contribution < -0.4 is 15.4 Å². The molecule has 9 nitrogen and oxygen atoms in total. The van der Waals surface area contributed by atoms with E-state index in [0.29, 0.717) is 52.3 Å². The van der Waals surface area contributed by atoms with Crippen LogP contribution in [0.3, 0.4) is 0 Å². The van der Waals surface area contributed by atoms with Crippen molar-refractivity contribution >= 4 is 56.0 Å². The second-order valence-corrected chi connectivity index (χ2v) is 11.2. The van der Waals surface area contributed by atoms with Gasteiger partial charge in [0.2, 0.25) is 5.91 Å². The molecule has 2 N–H and O–H groups in total. The average molecular weight is 600 g/mol. The molecule has 2 aromatic carbocycles. The first kappa shape index (κ1) is 28.3. The molecular weight excluding hydrogens is 569 g/mol. The van der Waals surface area contributed by atoms with Crippen molar-refractivity contribution in [2.24, 2.45) is 5.92 Å². The molecule has 0 unspecified atom stereocenters. The molecule has 0 spiro atoms. The van der Waals surface area contributed by atoms with E-state index in [1.54, 1.807) is 29.2 Å². The topological polar surface area (TPSA) is 106 Å². The maximum atomic E-state index is 14.5. The van der Waals surface area contributed by atoms with Gasteiger partial charge in [-0.15, -0.1) is 0 Å². The van der Waals surface area contributed by atoms with Crippen LogP contribution in [-0.4, -0.2) is 52.2 Å². The van der Waals surface area contributed by atoms with E-state index in [9.17, 15) is 14.0 Å². The van der Waals surface area contributed by atoms with Crippen LogP contribution in [0.5, 0.6) is 5.75 Å². The standard InChI is InChI=1S/C28H31BrFN5O4/c1-5-25(36)33-23-13-19-22(31-16-32-26(19)34-21-7-6-18(29)12-20(21)30)14-24(23)38-15-17-8-10-35(11-9-17)27(37)39-28(2,3)4/h5-7,12-14,16-17H,1,8-11,15H2,2-4H3,(H,33,36)(H,31,32,34). The number of anilines is 3. The summed E-state index contributed by atoms with van der Waals surface area (Å²) in [4.78, 5) is 34.9. The summed E-state index contributed by atoms with van der Waals surface area (Å²) < 4.78 is 26.7. The summed E-state index contributed by atoms with van der Waals surface area (Å²) in [6, 6.07) is 8.07. The number of rotatable bonds is 7. The van der Waals surface area contributed by atoms with Crippen LogP contribution in [0.1, 0.15) is 33.6 Å². The summed E-state index contributed by atoms with van der Waals surface area (Å²) >= 11 is 3.25. The Morgan fingerprint density at radius 3 is 2.59 bits per heavy atom. The highest BCUT2D eigenvalue weighted by molar-refractivity contribution is 9.10. The minimum atomic E-state index is -0.537. The van der Waals surface area contributed by atoms with E-state index in [-0.39, 0.29) is 17.7 Å². The lowest BCUT2D eigenvalue weighted by Gasteiger charge is -2.33. The SMILES string of the molecule is C=CC(=O)Nc1cc2c(Nc3ccc(Br)cc3F)ncnc2cc1OCC1CCN(C(=O)OC(C)(C)C)CC1. The van der Waals surface area contributed by atoms with E-state index in [1.807, 2.05) is 20.8 Å². The Morgan fingerprint density at radius 2 is 1.92 bits per heavy atom. The minimum absolute atomic E-state index is 0.213. The van der Waals surface area contributed by atoms with Gasteiger partial charge in [-0.3, -0.25) is 4.79 Å². The molecule has 1 aromatic heterocycles. The highest BCUT2D eigenvalue weighted by atomic mass is 79.9. The van der Waals surface area contributed by atoms with Gasteiger partial charge in [0.25, 0.3) is 0 Å². The first-order chi connectivity index (χ1) is 18.5. The van der Waals surface area contributed by atoms with Crippen LogP contribution in [0.25, 0.3) is 10.9 Å². The number of benzene rings is 2. The fraction of sp³-hybridized carbons (Fsp3) is 0.357. The number of hydrogen-bond acceptors (Lipinski definition) is 7. The number of carbonyl (C=O) groups is 2. The Morgan fingerprint density at radius 1 is 1.18 bits per heavy atom. The fourth-order valence-corrected chi connectivity index (χ4v) is 4.45. The van der Waals surface area contributed by atoms with E-state index in [4.69, 9.17) is 9.47 Å². The molecule has 2 heterocycles. The third kappa shape index (κ3) is 7.44. The number of ether oxygens (including phenoxy) is 2. The van der Waals surface area contributed by atoms with Crippen LogP contribution in [0.4, 0.5) is 26.4 Å². The summed E-state index contributed by atoms with van der Waals surface area (Å²) in [6.45, 7) is 10.6. The van der Waals surface area contributed by atoms with Crippen LogP contribution in [0.15, 0.2) is 53.8 Å². The Labute approximate surface area is 234 Å². The molecule has 0 atom stereocenters. The molecule has 4 rings (SSSR count). The van der Waals surface area contributed by atoms with E-state index in [0.717, 1.165) is 18.9 Å². The van der Waals surface area contributed by atoms with Gasteiger partial charge in [0.15, 0.2) is 0 Å². The zero-order valence-corrected chi connectivity index (χ0v) is 23.7. The first-order valence-electron chi connectivity index (χ1n) is 12.6. The quantitative estimate of drug-likeness (QED) is 0.302. The summed E-state index contributed by atoms with van der Waals surface area (Å²) in [5, 5.41) is 6.35. The Kier molecular flexibility index (Phi) is 8.69. The third-order valence-electron chi connectivity index (χ3n) is 6.10. The van der Waals surface area contributed by atoms with E-state index in [1.165, 1.54) is 12.4 Å². The number of nitrogens with one attached hydrogen (secondary N) is 2. The number of likely N-dealkylation sites (tertiary alicyclic amines) is 1. The second kappa shape index (κ2) is 12.0. The van der Waals surface area contributed by atoms with E-state index < -0.39 is 17.3 Å². The largest absolute Gasteiger partial charge is 0.491 e. The number of hydrogen-bond donors (Lipinski definition) is 2. The lowest BCUT2D eigenvalue weighted by Crippen LogP contribution is -2.42. The lowest BCUT2D eigenvalue weighted by molar-refractivity contribution is -0.111. The van der Waals surface area contributed by atoms with Crippen molar-refractivity contribution in [2.75, 3.05) is 30.3 Å². The van der Waals surface area contributed by atoms with Gasteiger partial charge in [0.1, 0.15) is 29.3 Å². The van der Waals surface area contributed by atoms with Crippen molar-refractivity contribution < 1.29 is 23.5 Å². The van der Waals surface area contributed by atoms with E-state index in [2.05, 4.69) is 43.1 Å². The van der Waals surface area contributed by atoms with Crippen molar-refractivity contribution in [2.45, 2.75) is 39.2 Å². The molecule has 3 aromatic rings. The number of halogens is 2.